The summed E-state index contributed by atoms with van der Waals surface area (Å²) in [6.45, 7) is 2.21. The zero-order valence-electron chi connectivity index (χ0n) is 13.6. The predicted octanol–water partition coefficient (Wildman–Crippen LogP) is 3.70. The molecule has 1 fully saturated rings. The molecule has 0 spiro atoms. The Kier molecular flexibility index (Phi) is 3.80. The summed E-state index contributed by atoms with van der Waals surface area (Å²) in [5, 5.41) is 4.02. The van der Waals surface area contributed by atoms with Crippen LogP contribution in [0.2, 0.25) is 0 Å². The number of rotatable bonds is 3. The Labute approximate surface area is 144 Å². The maximum Gasteiger partial charge on any atom is 0.257 e. The average molecular weight is 337 g/mol. The van der Waals surface area contributed by atoms with E-state index in [-0.39, 0.29) is 18.2 Å². The van der Waals surface area contributed by atoms with Gasteiger partial charge < -0.3 is 9.42 Å². The SMILES string of the molecule is Cc1ccc(F)c(N2CC(c3noc(-c4ccccc4)n3)CC2=O)c1. The minimum absolute atomic E-state index is 0.138. The molecule has 126 valence electrons. The van der Waals surface area contributed by atoms with Crippen LogP contribution in [0, 0.1) is 12.7 Å². The summed E-state index contributed by atoms with van der Waals surface area (Å²) < 4.78 is 19.4. The van der Waals surface area contributed by atoms with Gasteiger partial charge in [0.15, 0.2) is 5.82 Å². The number of anilines is 1. The minimum atomic E-state index is -0.405. The Morgan fingerprint density at radius 3 is 2.80 bits per heavy atom. The van der Waals surface area contributed by atoms with Crippen LogP contribution in [0.25, 0.3) is 11.5 Å². The highest BCUT2D eigenvalue weighted by Gasteiger charge is 2.35. The van der Waals surface area contributed by atoms with Crippen LogP contribution in [0.3, 0.4) is 0 Å². The van der Waals surface area contributed by atoms with Crippen LogP contribution in [-0.2, 0) is 4.79 Å². The van der Waals surface area contributed by atoms with E-state index < -0.39 is 5.82 Å². The lowest BCUT2D eigenvalue weighted by atomic mass is 10.1. The van der Waals surface area contributed by atoms with Crippen molar-refractivity contribution in [2.24, 2.45) is 0 Å². The van der Waals surface area contributed by atoms with E-state index in [1.807, 2.05) is 37.3 Å². The number of amides is 1. The molecular weight excluding hydrogens is 321 g/mol. The standard InChI is InChI=1S/C19H16FN3O2/c1-12-7-8-15(20)16(9-12)23-11-14(10-17(23)24)18-21-19(25-22-18)13-5-3-2-4-6-13/h2-9,14H,10-11H2,1H3. The summed E-state index contributed by atoms with van der Waals surface area (Å²) in [5.41, 5.74) is 2.03. The van der Waals surface area contributed by atoms with E-state index in [1.165, 1.54) is 11.0 Å². The zero-order chi connectivity index (χ0) is 17.4. The molecule has 5 nitrogen and oxygen atoms in total. The van der Waals surface area contributed by atoms with Crippen molar-refractivity contribution >= 4 is 11.6 Å². The smallest absolute Gasteiger partial charge is 0.257 e. The van der Waals surface area contributed by atoms with Crippen molar-refractivity contribution in [3.05, 3.63) is 65.7 Å². The molecule has 1 saturated heterocycles. The lowest BCUT2D eigenvalue weighted by Crippen LogP contribution is -2.25. The van der Waals surface area contributed by atoms with Crippen molar-refractivity contribution in [2.75, 3.05) is 11.4 Å². The molecule has 1 atom stereocenters. The van der Waals surface area contributed by atoms with Gasteiger partial charge >= 0.3 is 0 Å². The number of carbonyl (C=O) groups is 1. The van der Waals surface area contributed by atoms with E-state index in [4.69, 9.17) is 4.52 Å². The topological polar surface area (TPSA) is 59.2 Å². The van der Waals surface area contributed by atoms with Crippen molar-refractivity contribution in [3.63, 3.8) is 0 Å². The predicted molar refractivity (Wildman–Crippen MR) is 90.6 cm³/mol. The quantitative estimate of drug-likeness (QED) is 0.731. The van der Waals surface area contributed by atoms with Gasteiger partial charge in [-0.2, -0.15) is 4.98 Å². The Bertz CT molecular complexity index is 923. The normalized spacial score (nSPS) is 17.3. The fourth-order valence-corrected chi connectivity index (χ4v) is 3.04. The third kappa shape index (κ3) is 2.91. The number of nitrogens with zero attached hydrogens (tertiary/aromatic N) is 3. The zero-order valence-corrected chi connectivity index (χ0v) is 13.6. The van der Waals surface area contributed by atoms with E-state index in [9.17, 15) is 9.18 Å². The Balaban J connectivity index is 1.59. The van der Waals surface area contributed by atoms with E-state index in [0.717, 1.165) is 11.1 Å². The van der Waals surface area contributed by atoms with Gasteiger partial charge in [-0.05, 0) is 36.8 Å². The molecule has 1 unspecified atom stereocenters. The van der Waals surface area contributed by atoms with E-state index >= 15 is 0 Å². The summed E-state index contributed by atoms with van der Waals surface area (Å²) >= 11 is 0. The summed E-state index contributed by atoms with van der Waals surface area (Å²) in [6, 6.07) is 14.2. The van der Waals surface area contributed by atoms with Crippen molar-refractivity contribution in [2.45, 2.75) is 19.3 Å². The molecule has 0 aliphatic carbocycles. The molecule has 0 N–H and O–H groups in total. The second kappa shape index (κ2) is 6.12. The van der Waals surface area contributed by atoms with Crippen molar-refractivity contribution in [3.8, 4) is 11.5 Å². The Hall–Kier alpha value is -3.02. The second-order valence-electron chi connectivity index (χ2n) is 6.18. The molecule has 3 aromatic rings. The third-order valence-electron chi connectivity index (χ3n) is 4.35. The number of aryl methyl sites for hydroxylation is 1. The van der Waals surface area contributed by atoms with Gasteiger partial charge in [-0.1, -0.05) is 29.4 Å². The monoisotopic (exact) mass is 337 g/mol. The lowest BCUT2D eigenvalue weighted by Gasteiger charge is -2.17. The lowest BCUT2D eigenvalue weighted by molar-refractivity contribution is -0.117. The van der Waals surface area contributed by atoms with Gasteiger partial charge in [0.05, 0.1) is 5.69 Å². The van der Waals surface area contributed by atoms with Crippen LogP contribution in [0.5, 0.6) is 0 Å². The molecule has 1 aliphatic heterocycles. The Morgan fingerprint density at radius 2 is 2.00 bits per heavy atom. The van der Waals surface area contributed by atoms with Crippen molar-refractivity contribution in [1.82, 2.24) is 10.1 Å². The Morgan fingerprint density at radius 1 is 1.20 bits per heavy atom. The molecule has 2 aromatic carbocycles. The molecule has 25 heavy (non-hydrogen) atoms. The first kappa shape index (κ1) is 15.5. The maximum absolute atomic E-state index is 14.1. The van der Waals surface area contributed by atoms with E-state index in [0.29, 0.717) is 23.9 Å². The fourth-order valence-electron chi connectivity index (χ4n) is 3.04. The number of carbonyl (C=O) groups excluding carboxylic acids is 1. The minimum Gasteiger partial charge on any atom is -0.334 e. The largest absolute Gasteiger partial charge is 0.334 e. The fraction of sp³-hybridized carbons (Fsp3) is 0.211. The highest BCUT2D eigenvalue weighted by Crippen LogP contribution is 2.33. The van der Waals surface area contributed by atoms with Gasteiger partial charge in [0.25, 0.3) is 5.89 Å². The average Bonchev–Trinajstić information content (AvgIpc) is 3.25. The van der Waals surface area contributed by atoms with Crippen LogP contribution < -0.4 is 4.90 Å². The highest BCUT2D eigenvalue weighted by molar-refractivity contribution is 5.96. The molecule has 0 radical (unpaired) electrons. The van der Waals surface area contributed by atoms with Gasteiger partial charge in [0, 0.05) is 24.4 Å². The summed E-state index contributed by atoms with van der Waals surface area (Å²) in [7, 11) is 0. The van der Waals surface area contributed by atoms with Gasteiger partial charge in [-0.25, -0.2) is 4.39 Å². The van der Waals surface area contributed by atoms with Gasteiger partial charge in [0.2, 0.25) is 5.91 Å². The maximum atomic E-state index is 14.1. The summed E-state index contributed by atoms with van der Waals surface area (Å²) in [4.78, 5) is 18.3. The summed E-state index contributed by atoms with van der Waals surface area (Å²) in [5.74, 6) is 0.137. The molecule has 1 aromatic heterocycles. The van der Waals surface area contributed by atoms with Crippen molar-refractivity contribution in [1.29, 1.82) is 0 Å². The molecule has 0 bridgehead atoms. The van der Waals surface area contributed by atoms with Crippen LogP contribution >= 0.6 is 0 Å². The molecule has 1 aliphatic rings. The number of hydrogen-bond acceptors (Lipinski definition) is 4. The van der Waals surface area contributed by atoms with Gasteiger partial charge in [-0.3, -0.25) is 4.79 Å². The van der Waals surface area contributed by atoms with E-state index in [2.05, 4.69) is 10.1 Å². The first-order chi connectivity index (χ1) is 12.1. The number of halogens is 1. The van der Waals surface area contributed by atoms with Crippen LogP contribution in [0.1, 0.15) is 23.7 Å². The van der Waals surface area contributed by atoms with Crippen LogP contribution in [0.15, 0.2) is 53.1 Å². The number of aromatic nitrogens is 2. The number of benzene rings is 2. The molecule has 1 amide bonds. The van der Waals surface area contributed by atoms with Crippen molar-refractivity contribution < 1.29 is 13.7 Å². The van der Waals surface area contributed by atoms with Gasteiger partial charge in [-0.15, -0.1) is 0 Å². The number of hydrogen-bond donors (Lipinski definition) is 0. The molecule has 6 heteroatoms. The summed E-state index contributed by atoms with van der Waals surface area (Å²) in [6.07, 6.45) is 0.237. The third-order valence-corrected chi connectivity index (χ3v) is 4.35. The van der Waals surface area contributed by atoms with E-state index in [1.54, 1.807) is 12.1 Å². The van der Waals surface area contributed by atoms with Gasteiger partial charge in [0.1, 0.15) is 5.82 Å². The van der Waals surface area contributed by atoms with Crippen LogP contribution in [0.4, 0.5) is 10.1 Å². The molecule has 4 rings (SSSR count). The molecule has 2 heterocycles. The first-order valence-electron chi connectivity index (χ1n) is 8.07. The second-order valence-corrected chi connectivity index (χ2v) is 6.18. The molecule has 0 saturated carbocycles. The van der Waals surface area contributed by atoms with Crippen LogP contribution in [-0.4, -0.2) is 22.6 Å². The molecular formula is C19H16FN3O2. The highest BCUT2D eigenvalue weighted by atomic mass is 19.1. The first-order valence-corrected chi connectivity index (χ1v) is 8.07.